The van der Waals surface area contributed by atoms with Gasteiger partial charge in [0, 0.05) is 50.0 Å². The zero-order valence-corrected chi connectivity index (χ0v) is 35.9. The minimum atomic E-state index is -0.680. The highest BCUT2D eigenvalue weighted by Gasteiger charge is 2.54. The molecule has 0 amide bonds. The molecule has 1 aromatic heterocycles. The molecule has 0 aliphatic heterocycles. The van der Waals surface area contributed by atoms with Gasteiger partial charge in [-0.25, -0.2) is 0 Å². The number of para-hydroxylation sites is 5. The molecule has 2 aliphatic rings. The predicted molar refractivity (Wildman–Crippen MR) is 274 cm³/mol. The second kappa shape index (κ2) is 14.2. The van der Waals surface area contributed by atoms with Crippen LogP contribution >= 0.6 is 0 Å². The van der Waals surface area contributed by atoms with Crippen LogP contribution in [0.3, 0.4) is 0 Å². The number of rotatable bonds is 6. The minimum absolute atomic E-state index is 0.680. The molecule has 1 spiro atoms. The van der Waals surface area contributed by atoms with Crippen LogP contribution in [0.25, 0.3) is 65.7 Å². The van der Waals surface area contributed by atoms with Gasteiger partial charge in [-0.2, -0.15) is 0 Å². The lowest BCUT2D eigenvalue weighted by atomic mass is 9.69. The average molecular weight is 841 g/mol. The fourth-order valence-corrected chi connectivity index (χ4v) is 11.7. The molecule has 3 heteroatoms. The molecule has 12 aromatic rings. The molecule has 0 bridgehead atoms. The van der Waals surface area contributed by atoms with Gasteiger partial charge >= 0.3 is 0 Å². The predicted octanol–water partition coefficient (Wildman–Crippen LogP) is 17.2. The van der Waals surface area contributed by atoms with Crippen LogP contribution in [0.2, 0.25) is 0 Å². The van der Waals surface area contributed by atoms with Gasteiger partial charge in [0.15, 0.2) is 0 Å². The van der Waals surface area contributed by atoms with E-state index >= 15 is 0 Å². The van der Waals surface area contributed by atoms with Crippen molar-refractivity contribution < 1.29 is 4.42 Å². The highest BCUT2D eigenvalue weighted by Crippen LogP contribution is 2.68. The molecule has 0 atom stereocenters. The van der Waals surface area contributed by atoms with Gasteiger partial charge in [-0.3, -0.25) is 0 Å². The maximum Gasteiger partial charge on any atom is 0.143 e. The number of nitrogens with zero attached hydrogens (tertiary/aromatic N) is 2. The summed E-state index contributed by atoms with van der Waals surface area (Å²) in [5, 5.41) is 6.93. The van der Waals surface area contributed by atoms with Gasteiger partial charge in [0.2, 0.25) is 0 Å². The molecule has 2 aliphatic carbocycles. The van der Waals surface area contributed by atoms with Gasteiger partial charge in [0.25, 0.3) is 0 Å². The molecule has 0 fully saturated rings. The summed E-state index contributed by atoms with van der Waals surface area (Å²) in [6.45, 7) is 0. The molecule has 308 valence electrons. The monoisotopic (exact) mass is 840 g/mol. The van der Waals surface area contributed by atoms with E-state index < -0.39 is 5.41 Å². The van der Waals surface area contributed by atoms with Crippen molar-refractivity contribution in [1.29, 1.82) is 0 Å². The van der Waals surface area contributed by atoms with Crippen LogP contribution in [-0.4, -0.2) is 0 Å². The molecule has 3 nitrogen and oxygen atoms in total. The van der Waals surface area contributed by atoms with Crippen LogP contribution in [0, 0.1) is 0 Å². The van der Waals surface area contributed by atoms with E-state index in [-0.39, 0.29) is 0 Å². The zero-order valence-electron chi connectivity index (χ0n) is 35.9. The summed E-state index contributed by atoms with van der Waals surface area (Å²) >= 11 is 0. The largest absolute Gasteiger partial charge is 0.455 e. The lowest BCUT2D eigenvalue weighted by Gasteiger charge is -2.33. The van der Waals surface area contributed by atoms with E-state index in [0.29, 0.717) is 0 Å². The molecule has 0 radical (unpaired) electrons. The van der Waals surface area contributed by atoms with E-state index in [1.165, 1.54) is 60.7 Å². The van der Waals surface area contributed by atoms with Crippen LogP contribution in [0.15, 0.2) is 247 Å². The number of hydrogen-bond acceptors (Lipinski definition) is 3. The van der Waals surface area contributed by atoms with Crippen LogP contribution < -0.4 is 9.80 Å². The van der Waals surface area contributed by atoms with Crippen molar-refractivity contribution in [3.8, 4) is 22.3 Å². The van der Waals surface area contributed by atoms with E-state index in [0.717, 1.165) is 61.4 Å². The SMILES string of the molecule is c1ccc(N(c2ccccc2)c2ccc3c4c(c5c6ccccc6oc5c3c2)-c2c(cc(N(c3ccccc3)c3ccccc3)c3ccccc23)C42c3ccccc3-c3ccccc32)cc1. The Morgan fingerprint density at radius 3 is 1.39 bits per heavy atom. The Bertz CT molecular complexity index is 3750. The van der Waals surface area contributed by atoms with Crippen LogP contribution in [0.1, 0.15) is 22.3 Å². The van der Waals surface area contributed by atoms with E-state index in [1.54, 1.807) is 0 Å². The summed E-state index contributed by atoms with van der Waals surface area (Å²) in [6.07, 6.45) is 0. The normalized spacial score (nSPS) is 13.0. The van der Waals surface area contributed by atoms with Gasteiger partial charge in [-0.1, -0.05) is 170 Å². The smallest absolute Gasteiger partial charge is 0.143 e. The molecule has 0 saturated heterocycles. The first-order valence-electron chi connectivity index (χ1n) is 22.8. The average Bonchev–Trinajstić information content (AvgIpc) is 4.03. The highest BCUT2D eigenvalue weighted by atomic mass is 16.3. The van der Waals surface area contributed by atoms with E-state index in [9.17, 15) is 0 Å². The minimum Gasteiger partial charge on any atom is -0.455 e. The number of fused-ring (bicyclic) bond motifs is 19. The van der Waals surface area contributed by atoms with Crippen molar-refractivity contribution >= 4 is 77.6 Å². The third-order valence-electron chi connectivity index (χ3n) is 14.2. The van der Waals surface area contributed by atoms with Gasteiger partial charge in [0.1, 0.15) is 11.2 Å². The molecular formula is C63H40N2O. The molecule has 1 heterocycles. The van der Waals surface area contributed by atoms with Gasteiger partial charge < -0.3 is 14.2 Å². The number of anilines is 6. The maximum atomic E-state index is 7.21. The molecule has 11 aromatic carbocycles. The lowest BCUT2D eigenvalue weighted by molar-refractivity contribution is 0.672. The number of furan rings is 1. The summed E-state index contributed by atoms with van der Waals surface area (Å²) in [5.41, 5.74) is 17.9. The molecule has 66 heavy (non-hydrogen) atoms. The third-order valence-corrected chi connectivity index (χ3v) is 14.2. The Labute approximate surface area is 382 Å². The zero-order chi connectivity index (χ0) is 43.3. The number of hydrogen-bond donors (Lipinski definition) is 0. The summed E-state index contributed by atoms with van der Waals surface area (Å²) in [6, 6.07) is 88.6. The van der Waals surface area contributed by atoms with Gasteiger partial charge in [-0.05, 0) is 128 Å². The fourth-order valence-electron chi connectivity index (χ4n) is 11.7. The second-order valence-electron chi connectivity index (χ2n) is 17.5. The third kappa shape index (κ3) is 5.02. The van der Waals surface area contributed by atoms with Crippen molar-refractivity contribution in [2.45, 2.75) is 5.41 Å². The highest BCUT2D eigenvalue weighted by molar-refractivity contribution is 6.28. The summed E-state index contributed by atoms with van der Waals surface area (Å²) in [7, 11) is 0. The van der Waals surface area contributed by atoms with Gasteiger partial charge in [-0.15, -0.1) is 0 Å². The lowest BCUT2D eigenvalue weighted by Crippen LogP contribution is -2.26. The Kier molecular flexibility index (Phi) is 7.90. The van der Waals surface area contributed by atoms with Crippen molar-refractivity contribution in [3.63, 3.8) is 0 Å². The molecule has 0 saturated carbocycles. The maximum absolute atomic E-state index is 7.21. The molecular weight excluding hydrogens is 801 g/mol. The first kappa shape index (κ1) is 36.8. The van der Waals surface area contributed by atoms with Crippen LogP contribution in [-0.2, 0) is 5.41 Å². The van der Waals surface area contributed by atoms with Crippen LogP contribution in [0.4, 0.5) is 34.1 Å². The fraction of sp³-hybridized carbons (Fsp3) is 0.0159. The van der Waals surface area contributed by atoms with Crippen molar-refractivity contribution in [1.82, 2.24) is 0 Å². The second-order valence-corrected chi connectivity index (χ2v) is 17.5. The Balaban J connectivity index is 1.19. The summed E-state index contributed by atoms with van der Waals surface area (Å²) in [5.74, 6) is 0. The topological polar surface area (TPSA) is 19.6 Å². The standard InChI is InChI=1S/C63H40N2O/c1-5-21-41(22-6-1)64(42-23-7-2-8-24-42)45-37-38-50-52(39-45)62-59(51-33-17-20-36-57(51)66-62)60-58-49-32-14-13-31-48(49)56(65(43-25-9-3-10-26-43)44-27-11-4-12-28-44)40-55(58)63(61(50)60)53-34-18-15-29-46(53)47-30-16-19-35-54(47)63/h1-40H. The Morgan fingerprint density at radius 1 is 0.318 bits per heavy atom. The van der Waals surface area contributed by atoms with Crippen molar-refractivity contribution in [2.75, 3.05) is 9.80 Å². The molecule has 0 unspecified atom stereocenters. The summed E-state index contributed by atoms with van der Waals surface area (Å²) in [4.78, 5) is 4.80. The Hall–Kier alpha value is -8.66. The first-order valence-corrected chi connectivity index (χ1v) is 22.8. The quantitative estimate of drug-likeness (QED) is 0.166. The van der Waals surface area contributed by atoms with E-state index in [1.807, 2.05) is 0 Å². The van der Waals surface area contributed by atoms with Crippen molar-refractivity contribution in [2.24, 2.45) is 0 Å². The van der Waals surface area contributed by atoms with Crippen LogP contribution in [0.5, 0.6) is 0 Å². The first-order chi connectivity index (χ1) is 32.8. The van der Waals surface area contributed by atoms with Crippen molar-refractivity contribution in [3.05, 3.63) is 265 Å². The van der Waals surface area contributed by atoms with Gasteiger partial charge in [0.05, 0.1) is 11.1 Å². The summed E-state index contributed by atoms with van der Waals surface area (Å²) < 4.78 is 7.21. The number of benzene rings is 11. The molecule has 0 N–H and O–H groups in total. The van der Waals surface area contributed by atoms with E-state index in [4.69, 9.17) is 4.42 Å². The molecule has 14 rings (SSSR count). The Morgan fingerprint density at radius 2 is 0.803 bits per heavy atom. The van der Waals surface area contributed by atoms with E-state index in [2.05, 4.69) is 252 Å².